The second-order valence-corrected chi connectivity index (χ2v) is 4.22. The second kappa shape index (κ2) is 4.52. The highest BCUT2D eigenvalue weighted by atomic mass is 15.4. The minimum absolute atomic E-state index is 1.14. The summed E-state index contributed by atoms with van der Waals surface area (Å²) in [5.41, 5.74) is 4.07. The van der Waals surface area contributed by atoms with Crippen molar-refractivity contribution in [2.24, 2.45) is 14.1 Å². The zero-order valence-electron chi connectivity index (χ0n) is 10.3. The maximum Gasteiger partial charge on any atom is 0.199 e. The second-order valence-electron chi connectivity index (χ2n) is 4.22. The lowest BCUT2D eigenvalue weighted by molar-refractivity contribution is -0.750. The maximum absolute atomic E-state index is 2.23. The number of aromatic nitrogens is 2. The van der Waals surface area contributed by atoms with Crippen LogP contribution in [0.3, 0.4) is 0 Å². The van der Waals surface area contributed by atoms with Crippen LogP contribution < -0.4 is 4.68 Å². The van der Waals surface area contributed by atoms with E-state index in [0.29, 0.717) is 0 Å². The Labute approximate surface area is 97.1 Å². The fourth-order valence-corrected chi connectivity index (χ4v) is 2.16. The molecule has 0 amide bonds. The van der Waals surface area contributed by atoms with Gasteiger partial charge in [0.05, 0.1) is 7.05 Å². The molecule has 84 valence electrons. The quantitative estimate of drug-likeness (QED) is 0.696. The molecule has 1 aromatic carbocycles. The Kier molecular flexibility index (Phi) is 3.09. The Morgan fingerprint density at radius 2 is 1.88 bits per heavy atom. The van der Waals surface area contributed by atoms with Crippen molar-refractivity contribution in [2.45, 2.75) is 19.8 Å². The predicted molar refractivity (Wildman–Crippen MR) is 66.0 cm³/mol. The molecule has 0 spiro atoms. The molecule has 2 aromatic rings. The van der Waals surface area contributed by atoms with E-state index in [1.807, 2.05) is 0 Å². The Hall–Kier alpha value is -1.57. The first-order valence-electron chi connectivity index (χ1n) is 5.84. The molecule has 2 rings (SSSR count). The molecule has 0 N–H and O–H groups in total. The summed E-state index contributed by atoms with van der Waals surface area (Å²) in [7, 11) is 4.20. The highest BCUT2D eigenvalue weighted by molar-refractivity contribution is 5.62. The SMILES string of the molecule is CCCc1c[n+](C)n(C)c1-c1ccccc1. The van der Waals surface area contributed by atoms with Gasteiger partial charge in [0.25, 0.3) is 0 Å². The Balaban J connectivity index is 2.54. The van der Waals surface area contributed by atoms with Gasteiger partial charge in [-0.1, -0.05) is 43.7 Å². The maximum atomic E-state index is 2.23. The van der Waals surface area contributed by atoms with Crippen LogP contribution in [0.1, 0.15) is 18.9 Å². The molecule has 0 saturated heterocycles. The van der Waals surface area contributed by atoms with Crippen molar-refractivity contribution in [1.29, 1.82) is 0 Å². The van der Waals surface area contributed by atoms with Crippen molar-refractivity contribution in [3.05, 3.63) is 42.1 Å². The average Bonchev–Trinajstić information content (AvgIpc) is 2.57. The van der Waals surface area contributed by atoms with Crippen LogP contribution in [0.15, 0.2) is 36.5 Å². The molecule has 0 aliphatic rings. The zero-order chi connectivity index (χ0) is 11.5. The summed E-state index contributed by atoms with van der Waals surface area (Å²) in [5, 5.41) is 0. The van der Waals surface area contributed by atoms with Gasteiger partial charge in [-0.25, -0.2) is 0 Å². The smallest absolute Gasteiger partial charge is 0.156 e. The summed E-state index contributed by atoms with van der Waals surface area (Å²) >= 11 is 0. The van der Waals surface area contributed by atoms with Crippen molar-refractivity contribution in [2.75, 3.05) is 0 Å². The lowest BCUT2D eigenvalue weighted by Gasteiger charge is -2.02. The highest BCUT2D eigenvalue weighted by Crippen LogP contribution is 2.22. The van der Waals surface area contributed by atoms with Crippen LogP contribution in [-0.2, 0) is 20.5 Å². The third-order valence-electron chi connectivity index (χ3n) is 3.01. The molecular weight excluding hydrogens is 196 g/mol. The fraction of sp³-hybridized carbons (Fsp3) is 0.357. The zero-order valence-corrected chi connectivity index (χ0v) is 10.3. The number of nitrogens with zero attached hydrogens (tertiary/aromatic N) is 2. The molecule has 0 unspecified atom stereocenters. The third kappa shape index (κ3) is 1.87. The molecule has 0 saturated carbocycles. The van der Waals surface area contributed by atoms with Crippen LogP contribution in [0, 0.1) is 0 Å². The van der Waals surface area contributed by atoms with Crippen LogP contribution in [0.4, 0.5) is 0 Å². The molecule has 0 radical (unpaired) electrons. The van der Waals surface area contributed by atoms with Gasteiger partial charge in [-0.05, 0) is 6.42 Å². The topological polar surface area (TPSA) is 8.81 Å². The molecule has 2 nitrogen and oxygen atoms in total. The van der Waals surface area contributed by atoms with Gasteiger partial charge in [0, 0.05) is 11.1 Å². The molecule has 1 aromatic heterocycles. The average molecular weight is 215 g/mol. The molecule has 0 atom stereocenters. The van der Waals surface area contributed by atoms with E-state index >= 15 is 0 Å². The van der Waals surface area contributed by atoms with Crippen molar-refractivity contribution in [3.8, 4) is 11.3 Å². The van der Waals surface area contributed by atoms with Crippen molar-refractivity contribution >= 4 is 0 Å². The largest absolute Gasteiger partial charge is 0.199 e. The minimum atomic E-state index is 1.14. The summed E-state index contributed by atoms with van der Waals surface area (Å²) in [6.45, 7) is 2.22. The standard InChI is InChI=1S/C14H19N2/c1-4-8-13-11-15(2)16(3)14(13)12-9-6-5-7-10-12/h5-7,9-11H,4,8H2,1-3H3/q+1. The van der Waals surface area contributed by atoms with E-state index in [0.717, 1.165) is 6.42 Å². The Morgan fingerprint density at radius 3 is 2.50 bits per heavy atom. The van der Waals surface area contributed by atoms with Crippen molar-refractivity contribution in [1.82, 2.24) is 4.68 Å². The normalized spacial score (nSPS) is 10.7. The number of benzene rings is 1. The van der Waals surface area contributed by atoms with Gasteiger partial charge in [-0.15, -0.1) is 4.68 Å². The minimum Gasteiger partial charge on any atom is -0.156 e. The van der Waals surface area contributed by atoms with E-state index in [1.54, 1.807) is 0 Å². The van der Waals surface area contributed by atoms with Gasteiger partial charge < -0.3 is 0 Å². The summed E-state index contributed by atoms with van der Waals surface area (Å²) in [6, 6.07) is 10.6. The third-order valence-corrected chi connectivity index (χ3v) is 3.01. The summed E-state index contributed by atoms with van der Waals surface area (Å²) in [4.78, 5) is 0. The van der Waals surface area contributed by atoms with Gasteiger partial charge in [0.15, 0.2) is 13.2 Å². The molecule has 0 aliphatic carbocycles. The number of hydrogen-bond donors (Lipinski definition) is 0. The lowest BCUT2D eigenvalue weighted by atomic mass is 10.1. The van der Waals surface area contributed by atoms with Crippen LogP contribution in [0.25, 0.3) is 11.3 Å². The van der Waals surface area contributed by atoms with E-state index in [2.05, 4.69) is 66.9 Å². The molecule has 1 heterocycles. The Bertz CT molecular complexity index is 469. The summed E-state index contributed by atoms with van der Waals surface area (Å²) in [5.74, 6) is 0. The molecular formula is C14H19N2+. The van der Waals surface area contributed by atoms with Gasteiger partial charge in [0.1, 0.15) is 5.69 Å². The molecule has 16 heavy (non-hydrogen) atoms. The number of aryl methyl sites for hydroxylation is 2. The Morgan fingerprint density at radius 1 is 1.19 bits per heavy atom. The predicted octanol–water partition coefficient (Wildman–Crippen LogP) is 2.47. The van der Waals surface area contributed by atoms with E-state index in [1.165, 1.54) is 23.2 Å². The molecule has 0 bridgehead atoms. The molecule has 0 fully saturated rings. The van der Waals surface area contributed by atoms with Crippen LogP contribution >= 0.6 is 0 Å². The molecule has 0 aliphatic heterocycles. The van der Waals surface area contributed by atoms with Gasteiger partial charge in [0.2, 0.25) is 0 Å². The summed E-state index contributed by atoms with van der Waals surface area (Å²) in [6.07, 6.45) is 4.55. The highest BCUT2D eigenvalue weighted by Gasteiger charge is 2.16. The fourth-order valence-electron chi connectivity index (χ4n) is 2.16. The van der Waals surface area contributed by atoms with Crippen LogP contribution in [0.2, 0.25) is 0 Å². The summed E-state index contributed by atoms with van der Waals surface area (Å²) < 4.78 is 4.35. The monoisotopic (exact) mass is 215 g/mol. The van der Waals surface area contributed by atoms with Crippen molar-refractivity contribution in [3.63, 3.8) is 0 Å². The van der Waals surface area contributed by atoms with Gasteiger partial charge in [-0.2, -0.15) is 4.68 Å². The van der Waals surface area contributed by atoms with E-state index in [9.17, 15) is 0 Å². The van der Waals surface area contributed by atoms with Crippen LogP contribution in [-0.4, -0.2) is 4.68 Å². The first-order chi connectivity index (χ1) is 7.74. The first-order valence-corrected chi connectivity index (χ1v) is 5.84. The van der Waals surface area contributed by atoms with Gasteiger partial charge in [-0.3, -0.25) is 0 Å². The van der Waals surface area contributed by atoms with Crippen LogP contribution in [0.5, 0.6) is 0 Å². The lowest BCUT2D eigenvalue weighted by Crippen LogP contribution is -2.36. The van der Waals surface area contributed by atoms with E-state index < -0.39 is 0 Å². The van der Waals surface area contributed by atoms with E-state index in [4.69, 9.17) is 0 Å². The number of rotatable bonds is 3. The number of hydrogen-bond acceptors (Lipinski definition) is 0. The first kappa shape index (κ1) is 10.9. The molecule has 2 heteroatoms. The van der Waals surface area contributed by atoms with Gasteiger partial charge >= 0.3 is 0 Å². The van der Waals surface area contributed by atoms with Crippen molar-refractivity contribution < 1.29 is 4.68 Å². The van der Waals surface area contributed by atoms with E-state index in [-0.39, 0.29) is 0 Å².